The van der Waals surface area contributed by atoms with E-state index in [9.17, 15) is 0 Å². The molecule has 1 spiro atoms. The predicted octanol–water partition coefficient (Wildman–Crippen LogP) is 13.3. The Morgan fingerprint density at radius 1 is 0.321 bits per heavy atom. The van der Waals surface area contributed by atoms with Gasteiger partial charge in [0, 0.05) is 22.4 Å². The van der Waals surface area contributed by atoms with Crippen LogP contribution in [0.25, 0.3) is 56.2 Å². The Balaban J connectivity index is 1.14. The molecule has 0 bridgehead atoms. The normalized spacial score (nSPS) is 13.1. The van der Waals surface area contributed by atoms with Crippen LogP contribution in [0.3, 0.4) is 0 Å². The van der Waals surface area contributed by atoms with Crippen molar-refractivity contribution in [2.45, 2.75) is 5.41 Å². The molecule has 9 aromatic rings. The van der Waals surface area contributed by atoms with E-state index in [1.54, 1.807) is 0 Å². The van der Waals surface area contributed by atoms with Gasteiger partial charge in [0.25, 0.3) is 0 Å². The third kappa shape index (κ3) is 4.91. The van der Waals surface area contributed by atoms with Gasteiger partial charge < -0.3 is 4.90 Å². The lowest BCUT2D eigenvalue weighted by Gasteiger charge is -2.45. The van der Waals surface area contributed by atoms with Gasteiger partial charge in [-0.2, -0.15) is 0 Å². The Bertz CT molecular complexity index is 2810. The van der Waals surface area contributed by atoms with Crippen molar-refractivity contribution in [3.63, 3.8) is 0 Å². The summed E-state index contributed by atoms with van der Waals surface area (Å²) in [5.74, 6) is 0.698. The molecule has 0 amide bonds. The Hall–Kier alpha value is -7.36. The molecule has 0 saturated heterocycles. The van der Waals surface area contributed by atoms with Crippen LogP contribution < -0.4 is 4.90 Å². The Morgan fingerprint density at radius 2 is 0.804 bits per heavy atom. The van der Waals surface area contributed by atoms with Crippen molar-refractivity contribution in [3.8, 4) is 56.2 Å². The molecule has 56 heavy (non-hydrogen) atoms. The van der Waals surface area contributed by atoms with Gasteiger partial charge in [-0.15, -0.1) is 0 Å². The number of hydrogen-bond donors (Lipinski definition) is 0. The number of para-hydroxylation sites is 2. The molecule has 0 N–H and O–H groups in total. The molecule has 1 aliphatic heterocycles. The van der Waals surface area contributed by atoms with Gasteiger partial charge in [0.2, 0.25) is 0 Å². The number of rotatable bonds is 5. The highest BCUT2D eigenvalue weighted by Crippen LogP contribution is 2.63. The molecule has 0 unspecified atom stereocenters. The van der Waals surface area contributed by atoms with E-state index in [0.717, 1.165) is 44.9 Å². The minimum absolute atomic E-state index is 0.518. The third-order valence-electron chi connectivity index (χ3n) is 11.5. The molecule has 3 heteroatoms. The van der Waals surface area contributed by atoms with Gasteiger partial charge in [-0.05, 0) is 87.0 Å². The smallest absolute Gasteiger partial charge is 0.160 e. The van der Waals surface area contributed by atoms with E-state index in [0.29, 0.717) is 5.82 Å². The summed E-state index contributed by atoms with van der Waals surface area (Å²) in [4.78, 5) is 12.8. The second kappa shape index (κ2) is 12.9. The molecule has 11 rings (SSSR count). The van der Waals surface area contributed by atoms with Crippen LogP contribution in [0.5, 0.6) is 0 Å². The van der Waals surface area contributed by atoms with Gasteiger partial charge >= 0.3 is 0 Å². The lowest BCUT2D eigenvalue weighted by molar-refractivity contribution is 0.753. The topological polar surface area (TPSA) is 29.0 Å². The van der Waals surface area contributed by atoms with Crippen molar-refractivity contribution >= 4 is 17.1 Å². The van der Waals surface area contributed by atoms with Crippen molar-refractivity contribution in [1.82, 2.24) is 9.97 Å². The van der Waals surface area contributed by atoms with Gasteiger partial charge in [0.05, 0.1) is 28.2 Å². The fourth-order valence-corrected chi connectivity index (χ4v) is 9.07. The SMILES string of the molecule is c1ccc(-c2cc(-c3ccccc3)nc(-c3cccc(-c4ccc5c(c4)C4(c6ccccc6-c6ccccc64)c4ccccc4N5c4ccccc4)c3)n2)cc1. The number of benzene rings is 8. The van der Waals surface area contributed by atoms with E-state index in [1.165, 1.54) is 44.8 Å². The van der Waals surface area contributed by atoms with E-state index < -0.39 is 5.41 Å². The van der Waals surface area contributed by atoms with E-state index in [-0.39, 0.29) is 0 Å². The minimum atomic E-state index is -0.518. The summed E-state index contributed by atoms with van der Waals surface area (Å²) < 4.78 is 0. The highest BCUT2D eigenvalue weighted by atomic mass is 15.2. The largest absolute Gasteiger partial charge is 0.310 e. The predicted molar refractivity (Wildman–Crippen MR) is 229 cm³/mol. The van der Waals surface area contributed by atoms with Gasteiger partial charge in [-0.1, -0.05) is 170 Å². The Labute approximate surface area is 326 Å². The van der Waals surface area contributed by atoms with Crippen LogP contribution in [0.15, 0.2) is 212 Å². The first-order valence-electron chi connectivity index (χ1n) is 19.2. The van der Waals surface area contributed by atoms with E-state index in [4.69, 9.17) is 9.97 Å². The molecule has 1 aromatic heterocycles. The summed E-state index contributed by atoms with van der Waals surface area (Å²) >= 11 is 0. The molecule has 0 saturated carbocycles. The third-order valence-corrected chi connectivity index (χ3v) is 11.5. The highest BCUT2D eigenvalue weighted by molar-refractivity contribution is 5.96. The summed E-state index contributed by atoms with van der Waals surface area (Å²) in [5.41, 5.74) is 17.9. The Kier molecular flexibility index (Phi) is 7.39. The van der Waals surface area contributed by atoms with E-state index in [2.05, 4.69) is 205 Å². The van der Waals surface area contributed by atoms with Gasteiger partial charge in [-0.3, -0.25) is 0 Å². The number of fused-ring (bicyclic) bond motifs is 9. The maximum Gasteiger partial charge on any atom is 0.160 e. The number of hydrogen-bond acceptors (Lipinski definition) is 3. The van der Waals surface area contributed by atoms with Crippen molar-refractivity contribution in [2.24, 2.45) is 0 Å². The summed E-state index contributed by atoms with van der Waals surface area (Å²) in [6.07, 6.45) is 0. The van der Waals surface area contributed by atoms with E-state index in [1.807, 2.05) is 12.1 Å². The molecule has 1 aliphatic carbocycles. The lowest BCUT2D eigenvalue weighted by Crippen LogP contribution is -2.36. The molecule has 3 nitrogen and oxygen atoms in total. The standard InChI is InChI=1S/C53H35N3/c1-4-17-36(18-5-1)48-35-49(37-19-6-2-7-20-37)55-52(54-48)40-22-16-21-38(33-40)39-31-32-51-47(34-39)53(44-27-12-10-25-42(44)43-26-11-13-28-45(43)53)46-29-14-15-30-50(46)56(51)41-23-8-3-9-24-41/h1-35H. The Morgan fingerprint density at radius 3 is 1.45 bits per heavy atom. The van der Waals surface area contributed by atoms with Crippen molar-refractivity contribution in [3.05, 3.63) is 235 Å². The van der Waals surface area contributed by atoms with Gasteiger partial charge in [-0.25, -0.2) is 9.97 Å². The van der Waals surface area contributed by atoms with Crippen LogP contribution in [0.4, 0.5) is 17.1 Å². The molecule has 0 fully saturated rings. The van der Waals surface area contributed by atoms with Crippen LogP contribution in [-0.2, 0) is 5.41 Å². The fraction of sp³-hybridized carbons (Fsp3) is 0.0189. The molecule has 0 radical (unpaired) electrons. The maximum atomic E-state index is 5.16. The number of aromatic nitrogens is 2. The first kappa shape index (κ1) is 32.1. The highest BCUT2D eigenvalue weighted by Gasteiger charge is 2.51. The van der Waals surface area contributed by atoms with Crippen LogP contribution >= 0.6 is 0 Å². The molecular formula is C53H35N3. The van der Waals surface area contributed by atoms with Gasteiger partial charge in [0.1, 0.15) is 0 Å². The summed E-state index contributed by atoms with van der Waals surface area (Å²) in [6.45, 7) is 0. The molecular weight excluding hydrogens is 679 g/mol. The van der Waals surface area contributed by atoms with Crippen LogP contribution in [0, 0.1) is 0 Å². The molecule has 0 atom stereocenters. The monoisotopic (exact) mass is 713 g/mol. The molecule has 2 aliphatic rings. The quantitative estimate of drug-likeness (QED) is 0.178. The average molecular weight is 714 g/mol. The zero-order valence-corrected chi connectivity index (χ0v) is 30.5. The van der Waals surface area contributed by atoms with Crippen molar-refractivity contribution in [2.75, 3.05) is 4.90 Å². The zero-order chi connectivity index (χ0) is 37.1. The molecule has 2 heterocycles. The minimum Gasteiger partial charge on any atom is -0.310 e. The van der Waals surface area contributed by atoms with Gasteiger partial charge in [0.15, 0.2) is 5.82 Å². The second-order valence-corrected chi connectivity index (χ2v) is 14.5. The van der Waals surface area contributed by atoms with Crippen LogP contribution in [-0.4, -0.2) is 9.97 Å². The van der Waals surface area contributed by atoms with Crippen LogP contribution in [0.2, 0.25) is 0 Å². The number of nitrogens with zero attached hydrogens (tertiary/aromatic N) is 3. The van der Waals surface area contributed by atoms with Crippen LogP contribution in [0.1, 0.15) is 22.3 Å². The van der Waals surface area contributed by atoms with Crippen molar-refractivity contribution in [1.29, 1.82) is 0 Å². The first-order valence-corrected chi connectivity index (χ1v) is 19.2. The zero-order valence-electron chi connectivity index (χ0n) is 30.5. The summed E-state index contributed by atoms with van der Waals surface area (Å²) in [5, 5.41) is 0. The first-order chi connectivity index (χ1) is 27.8. The number of anilines is 3. The molecule has 262 valence electrons. The summed E-state index contributed by atoms with van der Waals surface area (Å²) in [6, 6.07) is 76.3. The lowest BCUT2D eigenvalue weighted by atomic mass is 9.64. The second-order valence-electron chi connectivity index (χ2n) is 14.5. The molecule has 8 aromatic carbocycles. The average Bonchev–Trinajstić information content (AvgIpc) is 3.58. The summed E-state index contributed by atoms with van der Waals surface area (Å²) in [7, 11) is 0. The maximum absolute atomic E-state index is 5.16. The van der Waals surface area contributed by atoms with E-state index >= 15 is 0 Å². The van der Waals surface area contributed by atoms with Crippen molar-refractivity contribution < 1.29 is 0 Å². The fourth-order valence-electron chi connectivity index (χ4n) is 9.07.